The molecule has 0 radical (unpaired) electrons. The zero-order chi connectivity index (χ0) is 10.1. The molecule has 2 nitrogen and oxygen atoms in total. The summed E-state index contributed by atoms with van der Waals surface area (Å²) in [7, 11) is 0. The van der Waals surface area contributed by atoms with Crippen molar-refractivity contribution in [1.82, 2.24) is 4.98 Å². The van der Waals surface area contributed by atoms with Crippen molar-refractivity contribution < 1.29 is 4.39 Å². The first-order valence-electron chi connectivity index (χ1n) is 4.18. The average Bonchev–Trinajstić information content (AvgIpc) is 2.19. The molecule has 0 saturated carbocycles. The Kier molecular flexibility index (Phi) is 1.90. The third-order valence-corrected chi connectivity index (χ3v) is 2.07. The molecule has 0 saturated heterocycles. The first-order chi connectivity index (χ1) is 6.70. The van der Waals surface area contributed by atoms with E-state index in [2.05, 4.69) is 4.98 Å². The highest BCUT2D eigenvalue weighted by molar-refractivity contribution is 5.80. The van der Waals surface area contributed by atoms with Gasteiger partial charge in [-0.15, -0.1) is 0 Å². The van der Waals surface area contributed by atoms with Gasteiger partial charge >= 0.3 is 0 Å². The molecule has 2 aromatic rings. The number of halogens is 1. The van der Waals surface area contributed by atoms with Crippen LogP contribution < -0.4 is 0 Å². The Morgan fingerprint density at radius 3 is 2.86 bits per heavy atom. The van der Waals surface area contributed by atoms with Gasteiger partial charge in [0.05, 0.1) is 22.8 Å². The second-order valence-corrected chi connectivity index (χ2v) is 3.07. The summed E-state index contributed by atoms with van der Waals surface area (Å²) in [6.07, 6.45) is 0. The number of pyridine rings is 1. The summed E-state index contributed by atoms with van der Waals surface area (Å²) in [5.41, 5.74) is 1.60. The lowest BCUT2D eigenvalue weighted by Crippen LogP contribution is -1.89. The van der Waals surface area contributed by atoms with Crippen LogP contribution in [-0.2, 0) is 0 Å². The van der Waals surface area contributed by atoms with Crippen LogP contribution in [-0.4, -0.2) is 4.98 Å². The monoisotopic (exact) mass is 186 g/mol. The average molecular weight is 186 g/mol. The van der Waals surface area contributed by atoms with Crippen molar-refractivity contribution in [3.63, 3.8) is 0 Å². The summed E-state index contributed by atoms with van der Waals surface area (Å²) in [5.74, 6) is -0.340. The van der Waals surface area contributed by atoms with E-state index in [0.29, 0.717) is 22.2 Å². The van der Waals surface area contributed by atoms with E-state index < -0.39 is 0 Å². The molecule has 0 amide bonds. The molecule has 0 aliphatic carbocycles. The zero-order valence-electron chi connectivity index (χ0n) is 7.58. The normalized spacial score (nSPS) is 10.1. The van der Waals surface area contributed by atoms with E-state index in [1.165, 1.54) is 6.07 Å². The van der Waals surface area contributed by atoms with Gasteiger partial charge in [0.2, 0.25) is 0 Å². The molecule has 0 atom stereocenters. The maximum absolute atomic E-state index is 13.1. The minimum Gasteiger partial charge on any atom is -0.250 e. The van der Waals surface area contributed by atoms with Crippen molar-refractivity contribution in [3.8, 4) is 6.07 Å². The number of benzene rings is 1. The Morgan fingerprint density at radius 2 is 2.14 bits per heavy atom. The summed E-state index contributed by atoms with van der Waals surface area (Å²) in [4.78, 5) is 4.07. The number of fused-ring (bicyclic) bond motifs is 1. The van der Waals surface area contributed by atoms with Gasteiger partial charge in [0.1, 0.15) is 5.82 Å². The fraction of sp³-hybridized carbons (Fsp3) is 0.0909. The number of rotatable bonds is 0. The summed E-state index contributed by atoms with van der Waals surface area (Å²) < 4.78 is 13.1. The van der Waals surface area contributed by atoms with E-state index in [4.69, 9.17) is 5.26 Å². The van der Waals surface area contributed by atoms with Gasteiger partial charge in [0.25, 0.3) is 0 Å². The fourth-order valence-electron chi connectivity index (χ4n) is 1.32. The molecule has 68 valence electrons. The Bertz CT molecular complexity index is 541. The van der Waals surface area contributed by atoms with E-state index in [1.807, 2.05) is 6.07 Å². The Hall–Kier alpha value is -1.95. The van der Waals surface area contributed by atoms with Crippen molar-refractivity contribution in [2.24, 2.45) is 0 Å². The Balaban J connectivity index is 2.78. The highest BCUT2D eigenvalue weighted by Gasteiger charge is 2.02. The molecular formula is C11H7FN2. The second kappa shape index (κ2) is 3.08. The number of nitriles is 1. The number of aromatic nitrogens is 1. The van der Waals surface area contributed by atoms with Crippen LogP contribution in [0.3, 0.4) is 0 Å². The van der Waals surface area contributed by atoms with Crippen LogP contribution in [0, 0.1) is 24.1 Å². The lowest BCUT2D eigenvalue weighted by Gasteiger charge is -2.00. The van der Waals surface area contributed by atoms with E-state index in [9.17, 15) is 4.39 Å². The smallest absolute Gasteiger partial charge is 0.145 e. The molecule has 0 aliphatic rings. The molecule has 3 heteroatoms. The quantitative estimate of drug-likeness (QED) is 0.634. The SMILES string of the molecule is Cc1nc2ccc(C#N)cc2cc1F. The highest BCUT2D eigenvalue weighted by atomic mass is 19.1. The van der Waals surface area contributed by atoms with Crippen LogP contribution in [0.4, 0.5) is 4.39 Å². The van der Waals surface area contributed by atoms with Crippen molar-refractivity contribution in [1.29, 1.82) is 5.26 Å². The van der Waals surface area contributed by atoms with Crippen molar-refractivity contribution >= 4 is 10.9 Å². The predicted molar refractivity (Wildman–Crippen MR) is 51.2 cm³/mol. The third kappa shape index (κ3) is 1.31. The molecule has 2 rings (SSSR count). The van der Waals surface area contributed by atoms with Gasteiger partial charge < -0.3 is 0 Å². The van der Waals surface area contributed by atoms with Gasteiger partial charge in [0.15, 0.2) is 0 Å². The highest BCUT2D eigenvalue weighted by Crippen LogP contribution is 2.16. The Labute approximate surface area is 80.6 Å². The Morgan fingerprint density at radius 1 is 1.36 bits per heavy atom. The van der Waals surface area contributed by atoms with E-state index in [1.54, 1.807) is 25.1 Å². The van der Waals surface area contributed by atoms with Crippen molar-refractivity contribution in [2.75, 3.05) is 0 Å². The fourth-order valence-corrected chi connectivity index (χ4v) is 1.32. The van der Waals surface area contributed by atoms with E-state index in [-0.39, 0.29) is 5.82 Å². The summed E-state index contributed by atoms with van der Waals surface area (Å²) >= 11 is 0. The minimum atomic E-state index is -0.340. The van der Waals surface area contributed by atoms with Gasteiger partial charge in [-0.2, -0.15) is 5.26 Å². The molecule has 0 bridgehead atoms. The molecule has 0 fully saturated rings. The molecular weight excluding hydrogens is 179 g/mol. The van der Waals surface area contributed by atoms with Gasteiger partial charge in [-0.25, -0.2) is 4.39 Å². The molecule has 1 heterocycles. The third-order valence-electron chi connectivity index (χ3n) is 2.07. The number of aryl methyl sites for hydroxylation is 1. The standard InChI is InChI=1S/C11H7FN2/c1-7-10(12)5-9-4-8(6-13)2-3-11(9)14-7/h2-5H,1H3. The van der Waals surface area contributed by atoms with Crippen molar-refractivity contribution in [2.45, 2.75) is 6.92 Å². The molecule has 0 N–H and O–H groups in total. The summed E-state index contributed by atoms with van der Waals surface area (Å²) in [6, 6.07) is 8.43. The lowest BCUT2D eigenvalue weighted by atomic mass is 10.1. The van der Waals surface area contributed by atoms with Gasteiger partial charge in [-0.05, 0) is 31.2 Å². The largest absolute Gasteiger partial charge is 0.250 e. The number of hydrogen-bond acceptors (Lipinski definition) is 2. The molecule has 0 aliphatic heterocycles. The number of nitrogens with zero attached hydrogens (tertiary/aromatic N) is 2. The first kappa shape index (κ1) is 8.64. The zero-order valence-corrected chi connectivity index (χ0v) is 7.58. The van der Waals surface area contributed by atoms with E-state index in [0.717, 1.165) is 0 Å². The molecule has 0 unspecified atom stereocenters. The maximum atomic E-state index is 13.1. The van der Waals surface area contributed by atoms with Crippen LogP contribution in [0.25, 0.3) is 10.9 Å². The first-order valence-corrected chi connectivity index (χ1v) is 4.18. The van der Waals surface area contributed by atoms with Crippen LogP contribution in [0.5, 0.6) is 0 Å². The predicted octanol–water partition coefficient (Wildman–Crippen LogP) is 2.55. The molecule has 0 spiro atoms. The minimum absolute atomic E-state index is 0.340. The van der Waals surface area contributed by atoms with Gasteiger partial charge in [-0.3, -0.25) is 4.98 Å². The van der Waals surface area contributed by atoms with Crippen LogP contribution >= 0.6 is 0 Å². The van der Waals surface area contributed by atoms with Gasteiger partial charge in [0, 0.05) is 5.39 Å². The van der Waals surface area contributed by atoms with E-state index >= 15 is 0 Å². The van der Waals surface area contributed by atoms with Crippen LogP contribution in [0.2, 0.25) is 0 Å². The van der Waals surface area contributed by atoms with Gasteiger partial charge in [-0.1, -0.05) is 0 Å². The van der Waals surface area contributed by atoms with Crippen LogP contribution in [0.15, 0.2) is 24.3 Å². The molecule has 1 aromatic carbocycles. The molecule has 14 heavy (non-hydrogen) atoms. The number of hydrogen-bond donors (Lipinski definition) is 0. The topological polar surface area (TPSA) is 36.7 Å². The maximum Gasteiger partial charge on any atom is 0.145 e. The summed E-state index contributed by atoms with van der Waals surface area (Å²) in [5, 5.41) is 9.32. The lowest BCUT2D eigenvalue weighted by molar-refractivity contribution is 0.613. The summed E-state index contributed by atoms with van der Waals surface area (Å²) in [6.45, 7) is 1.62. The molecule has 1 aromatic heterocycles. The van der Waals surface area contributed by atoms with Crippen LogP contribution in [0.1, 0.15) is 11.3 Å². The second-order valence-electron chi connectivity index (χ2n) is 3.07. The van der Waals surface area contributed by atoms with Crippen molar-refractivity contribution in [3.05, 3.63) is 41.3 Å².